The highest BCUT2D eigenvalue weighted by Crippen LogP contribution is 2.35. The number of hydrogen-bond acceptors (Lipinski definition) is 7. The molecule has 0 saturated heterocycles. The van der Waals surface area contributed by atoms with E-state index >= 15 is 0 Å². The predicted molar refractivity (Wildman–Crippen MR) is 149 cm³/mol. The molecule has 0 aromatic carbocycles. The normalized spacial score (nSPS) is 11.5. The van der Waals surface area contributed by atoms with Gasteiger partial charge < -0.3 is 10.3 Å². The molecule has 0 saturated carbocycles. The van der Waals surface area contributed by atoms with Crippen LogP contribution in [-0.2, 0) is 4.79 Å². The molecule has 0 unspecified atom stereocenters. The zero-order valence-corrected chi connectivity index (χ0v) is 21.7. The lowest BCUT2D eigenvalue weighted by atomic mass is 10.1. The monoisotopic (exact) mass is 521 g/mol. The van der Waals surface area contributed by atoms with Crippen molar-refractivity contribution in [3.8, 4) is 33.2 Å². The summed E-state index contributed by atoms with van der Waals surface area (Å²) < 4.78 is 0. The molecule has 0 spiro atoms. The summed E-state index contributed by atoms with van der Waals surface area (Å²) in [4.78, 5) is 42.8. The molecule has 6 aromatic heterocycles. The van der Waals surface area contributed by atoms with Gasteiger partial charge in [-0.05, 0) is 49.4 Å². The van der Waals surface area contributed by atoms with Crippen LogP contribution in [0.2, 0.25) is 0 Å². The summed E-state index contributed by atoms with van der Waals surface area (Å²) in [7, 11) is 0. The third-order valence-corrected chi connectivity index (χ3v) is 7.42. The van der Waals surface area contributed by atoms with Crippen LogP contribution in [0.3, 0.4) is 0 Å². The van der Waals surface area contributed by atoms with Crippen molar-refractivity contribution >= 4 is 50.7 Å². The van der Waals surface area contributed by atoms with Gasteiger partial charge in [-0.1, -0.05) is 13.8 Å². The summed E-state index contributed by atoms with van der Waals surface area (Å²) in [5.41, 5.74) is 6.80. The second-order valence-electron chi connectivity index (χ2n) is 9.30. The zero-order valence-electron chi connectivity index (χ0n) is 20.9. The Morgan fingerprint density at radius 3 is 2.66 bits per heavy atom. The van der Waals surface area contributed by atoms with E-state index in [2.05, 4.69) is 30.5 Å². The van der Waals surface area contributed by atoms with E-state index in [1.54, 1.807) is 25.5 Å². The summed E-state index contributed by atoms with van der Waals surface area (Å²) in [6.07, 6.45) is 5.09. The molecular formula is C28H23N7O2S. The van der Waals surface area contributed by atoms with Crippen LogP contribution in [0.25, 0.3) is 55.2 Å². The van der Waals surface area contributed by atoms with E-state index < -0.39 is 0 Å². The third kappa shape index (κ3) is 4.24. The van der Waals surface area contributed by atoms with Crippen LogP contribution in [-0.4, -0.2) is 41.8 Å². The number of aromatic amines is 2. The highest BCUT2D eigenvalue weighted by Gasteiger charge is 2.17. The standard InChI is InChI=1S/C28H23N7O2S/c1-14(2)28(37)31-17-10-16(12-29-13-17)19-4-5-21-26(33-19)27(35-34-21)22-11-18-20(32-22)8-9-30-25(18)24-7-6-23(38-24)15(3)36/h4-14,32H,1-3H3,(H,31,37)(H,34,35). The first-order chi connectivity index (χ1) is 18.4. The van der Waals surface area contributed by atoms with Gasteiger partial charge in [0.1, 0.15) is 11.2 Å². The first-order valence-corrected chi connectivity index (χ1v) is 12.9. The van der Waals surface area contributed by atoms with Crippen LogP contribution in [0, 0.1) is 5.92 Å². The molecule has 6 aromatic rings. The highest BCUT2D eigenvalue weighted by atomic mass is 32.1. The molecule has 6 heterocycles. The molecule has 6 rings (SSSR count). The summed E-state index contributed by atoms with van der Waals surface area (Å²) in [5.74, 6) is -0.169. The fraction of sp³-hybridized carbons (Fsp3) is 0.143. The van der Waals surface area contributed by atoms with Crippen molar-refractivity contribution in [3.05, 3.63) is 65.9 Å². The Morgan fingerprint density at radius 1 is 1.00 bits per heavy atom. The van der Waals surface area contributed by atoms with Crippen molar-refractivity contribution in [2.75, 3.05) is 5.32 Å². The van der Waals surface area contributed by atoms with Crippen LogP contribution in [0.5, 0.6) is 0 Å². The molecular weight excluding hydrogens is 498 g/mol. The number of fused-ring (bicyclic) bond motifs is 2. The third-order valence-electron chi connectivity index (χ3n) is 6.22. The van der Waals surface area contributed by atoms with Gasteiger partial charge in [-0.2, -0.15) is 5.10 Å². The molecule has 0 aliphatic heterocycles. The predicted octanol–water partition coefficient (Wildman–Crippen LogP) is 6.09. The SMILES string of the molecule is CC(=O)c1ccc(-c2nccc3[nH]c(-c4n[nH]c5ccc(-c6cncc(NC(=O)C(C)C)c6)nc45)cc23)s1. The topological polar surface area (TPSA) is 129 Å². The lowest BCUT2D eigenvalue weighted by Crippen LogP contribution is -2.17. The molecule has 0 atom stereocenters. The Bertz CT molecular complexity index is 1850. The number of aromatic nitrogens is 6. The van der Waals surface area contributed by atoms with E-state index in [4.69, 9.17) is 4.98 Å². The maximum Gasteiger partial charge on any atom is 0.226 e. The molecule has 0 radical (unpaired) electrons. The molecule has 3 N–H and O–H groups in total. The molecule has 0 fully saturated rings. The summed E-state index contributed by atoms with van der Waals surface area (Å²) >= 11 is 1.43. The van der Waals surface area contributed by atoms with Crippen LogP contribution in [0.15, 0.2) is 61.1 Å². The number of ketones is 1. The largest absolute Gasteiger partial charge is 0.353 e. The van der Waals surface area contributed by atoms with Gasteiger partial charge in [0.05, 0.1) is 44.2 Å². The van der Waals surface area contributed by atoms with E-state index in [1.807, 2.05) is 56.3 Å². The molecule has 9 nitrogen and oxygen atoms in total. The summed E-state index contributed by atoms with van der Waals surface area (Å²) in [6, 6.07) is 13.4. The molecule has 38 heavy (non-hydrogen) atoms. The number of hydrogen-bond donors (Lipinski definition) is 3. The second-order valence-corrected chi connectivity index (χ2v) is 10.4. The van der Waals surface area contributed by atoms with E-state index in [1.165, 1.54) is 11.3 Å². The summed E-state index contributed by atoms with van der Waals surface area (Å²) in [5, 5.41) is 11.4. The number of rotatable bonds is 6. The second kappa shape index (κ2) is 9.31. The Hall–Kier alpha value is -4.70. The lowest BCUT2D eigenvalue weighted by Gasteiger charge is -2.08. The molecule has 1 amide bonds. The first-order valence-electron chi connectivity index (χ1n) is 12.1. The Labute approximate surface area is 221 Å². The first kappa shape index (κ1) is 23.7. The number of amides is 1. The molecule has 0 bridgehead atoms. The minimum absolute atomic E-state index is 0.0380. The van der Waals surface area contributed by atoms with Gasteiger partial charge in [-0.3, -0.25) is 24.7 Å². The van der Waals surface area contributed by atoms with Gasteiger partial charge in [0.15, 0.2) is 5.78 Å². The number of thiophene rings is 1. The number of carbonyl (C=O) groups is 2. The van der Waals surface area contributed by atoms with Gasteiger partial charge in [-0.25, -0.2) is 4.98 Å². The van der Waals surface area contributed by atoms with Crippen molar-refractivity contribution in [2.45, 2.75) is 20.8 Å². The smallest absolute Gasteiger partial charge is 0.226 e. The van der Waals surface area contributed by atoms with Gasteiger partial charge in [0, 0.05) is 34.8 Å². The minimum Gasteiger partial charge on any atom is -0.353 e. The van der Waals surface area contributed by atoms with Gasteiger partial charge >= 0.3 is 0 Å². The quantitative estimate of drug-likeness (QED) is 0.228. The van der Waals surface area contributed by atoms with Crippen molar-refractivity contribution in [3.63, 3.8) is 0 Å². The van der Waals surface area contributed by atoms with Gasteiger partial charge in [0.25, 0.3) is 0 Å². The minimum atomic E-state index is -0.135. The van der Waals surface area contributed by atoms with Crippen molar-refractivity contribution in [1.82, 2.24) is 30.1 Å². The van der Waals surface area contributed by atoms with Crippen molar-refractivity contribution < 1.29 is 9.59 Å². The molecule has 0 aliphatic rings. The molecule has 10 heteroatoms. The number of anilines is 1. The van der Waals surface area contributed by atoms with Crippen LogP contribution >= 0.6 is 11.3 Å². The van der Waals surface area contributed by atoms with E-state index in [9.17, 15) is 9.59 Å². The van der Waals surface area contributed by atoms with E-state index in [-0.39, 0.29) is 17.6 Å². The average molecular weight is 522 g/mol. The van der Waals surface area contributed by atoms with Crippen LogP contribution < -0.4 is 5.32 Å². The fourth-order valence-electron chi connectivity index (χ4n) is 4.21. The fourth-order valence-corrected chi connectivity index (χ4v) is 5.13. The number of nitrogens with zero attached hydrogens (tertiary/aromatic N) is 4. The number of Topliss-reactive ketones (excluding diaryl/α,β-unsaturated/α-hetero) is 1. The zero-order chi connectivity index (χ0) is 26.4. The Balaban J connectivity index is 1.40. The highest BCUT2D eigenvalue weighted by molar-refractivity contribution is 7.17. The van der Waals surface area contributed by atoms with Crippen molar-refractivity contribution in [2.24, 2.45) is 5.92 Å². The number of H-pyrrole nitrogens is 2. The van der Waals surface area contributed by atoms with E-state index in [0.717, 1.165) is 38.2 Å². The van der Waals surface area contributed by atoms with Crippen molar-refractivity contribution in [1.29, 1.82) is 0 Å². The maximum atomic E-state index is 12.1. The van der Waals surface area contributed by atoms with Gasteiger partial charge in [-0.15, -0.1) is 11.3 Å². The Kier molecular flexibility index (Phi) is 5.80. The lowest BCUT2D eigenvalue weighted by molar-refractivity contribution is -0.118. The van der Waals surface area contributed by atoms with Crippen LogP contribution in [0.1, 0.15) is 30.4 Å². The summed E-state index contributed by atoms with van der Waals surface area (Å²) in [6.45, 7) is 5.25. The molecule has 0 aliphatic carbocycles. The number of carbonyl (C=O) groups excluding carboxylic acids is 2. The maximum absolute atomic E-state index is 12.1. The molecule has 188 valence electrons. The van der Waals surface area contributed by atoms with Crippen LogP contribution in [0.4, 0.5) is 5.69 Å². The Morgan fingerprint density at radius 2 is 1.87 bits per heavy atom. The number of nitrogens with one attached hydrogen (secondary N) is 3. The average Bonchev–Trinajstić information content (AvgIpc) is 3.66. The van der Waals surface area contributed by atoms with Gasteiger partial charge in [0.2, 0.25) is 5.91 Å². The number of pyridine rings is 3. The van der Waals surface area contributed by atoms with E-state index in [0.29, 0.717) is 27.5 Å².